The molecule has 0 aliphatic heterocycles. The zero-order valence-corrected chi connectivity index (χ0v) is 14.9. The molecule has 1 heterocycles. The molecule has 0 aliphatic rings. The van der Waals surface area contributed by atoms with Gasteiger partial charge in [-0.05, 0) is 71.8 Å². The van der Waals surface area contributed by atoms with Gasteiger partial charge in [0.2, 0.25) is 0 Å². The summed E-state index contributed by atoms with van der Waals surface area (Å²) < 4.78 is 5.21. The molecule has 0 fully saturated rings. The summed E-state index contributed by atoms with van der Waals surface area (Å²) in [7, 11) is 0. The van der Waals surface area contributed by atoms with Crippen molar-refractivity contribution < 1.29 is 24.2 Å². The van der Waals surface area contributed by atoms with Gasteiger partial charge < -0.3 is 14.6 Å². The van der Waals surface area contributed by atoms with E-state index in [1.54, 1.807) is 24.3 Å². The number of aromatic hydroxyl groups is 2. The first kappa shape index (κ1) is 19.4. The molecule has 0 bridgehead atoms. The van der Waals surface area contributed by atoms with E-state index < -0.39 is 11.8 Å². The van der Waals surface area contributed by atoms with Crippen LogP contribution in [0, 0.1) is 0 Å². The summed E-state index contributed by atoms with van der Waals surface area (Å²) in [5.74, 6) is -1.21. The lowest BCUT2D eigenvalue weighted by molar-refractivity contribution is 0.0902. The van der Waals surface area contributed by atoms with Crippen molar-refractivity contribution in [3.63, 3.8) is 0 Å². The van der Waals surface area contributed by atoms with Crippen molar-refractivity contribution in [3.8, 4) is 11.5 Å². The molecule has 0 radical (unpaired) electrons. The van der Waals surface area contributed by atoms with Crippen molar-refractivity contribution in [1.29, 1.82) is 0 Å². The second kappa shape index (κ2) is 9.00. The van der Waals surface area contributed by atoms with Gasteiger partial charge in [0.25, 0.3) is 0 Å². The van der Waals surface area contributed by atoms with Crippen molar-refractivity contribution in [2.45, 2.75) is 0 Å². The average molecular weight is 392 g/mol. The molecule has 2 aromatic carbocycles. The van der Waals surface area contributed by atoms with Crippen LogP contribution in [-0.4, -0.2) is 34.5 Å². The minimum atomic E-state index is -0.633. The number of amides is 2. The monoisotopic (exact) mass is 392 g/mol. The second-order valence-electron chi connectivity index (χ2n) is 5.75. The van der Waals surface area contributed by atoms with Crippen LogP contribution in [0.2, 0.25) is 0 Å². The van der Waals surface area contributed by atoms with Gasteiger partial charge in [-0.2, -0.15) is 10.2 Å². The Hall–Kier alpha value is -4.40. The van der Waals surface area contributed by atoms with E-state index in [0.29, 0.717) is 11.1 Å². The standard InChI is InChI=1S/C20H16N4O5/c25-15-5-1-13(2-6-15)11-21-23-19(27)17-9-10-18(29-17)20(28)24-22-12-14-3-7-16(26)8-4-14/h1-12,25-26H,(H,23,27)(H,24,28)/b21-11+,22-12+. The van der Waals surface area contributed by atoms with Crippen LogP contribution >= 0.6 is 0 Å². The van der Waals surface area contributed by atoms with Crippen LogP contribution in [0.1, 0.15) is 32.2 Å². The van der Waals surface area contributed by atoms with Crippen molar-refractivity contribution in [1.82, 2.24) is 10.9 Å². The van der Waals surface area contributed by atoms with Crippen LogP contribution in [0.5, 0.6) is 11.5 Å². The Morgan fingerprint density at radius 1 is 0.690 bits per heavy atom. The maximum atomic E-state index is 12.0. The van der Waals surface area contributed by atoms with Crippen LogP contribution in [0.3, 0.4) is 0 Å². The minimum Gasteiger partial charge on any atom is -0.508 e. The summed E-state index contributed by atoms with van der Waals surface area (Å²) in [6.07, 6.45) is 2.79. The molecule has 0 spiro atoms. The highest BCUT2D eigenvalue weighted by molar-refractivity contribution is 5.96. The Balaban J connectivity index is 1.53. The SMILES string of the molecule is O=C(N/N=C/c1ccc(O)cc1)c1ccc(C(=O)N/N=C/c2ccc(O)cc2)o1. The smallest absolute Gasteiger partial charge is 0.307 e. The number of phenolic OH excluding ortho intramolecular Hbond substituents is 2. The van der Waals surface area contributed by atoms with Gasteiger partial charge in [-0.15, -0.1) is 0 Å². The number of nitrogens with zero attached hydrogens (tertiary/aromatic N) is 2. The molecule has 3 aromatic rings. The maximum absolute atomic E-state index is 12.0. The van der Waals surface area contributed by atoms with Crippen LogP contribution in [0.15, 0.2) is 75.3 Å². The molecular formula is C20H16N4O5. The summed E-state index contributed by atoms with van der Waals surface area (Å²) in [5, 5.41) is 26.0. The summed E-state index contributed by atoms with van der Waals surface area (Å²) in [5.41, 5.74) is 5.90. The summed E-state index contributed by atoms with van der Waals surface area (Å²) in [6.45, 7) is 0. The number of furan rings is 1. The molecule has 9 heteroatoms. The van der Waals surface area contributed by atoms with Crippen LogP contribution in [-0.2, 0) is 0 Å². The third kappa shape index (κ3) is 5.54. The molecule has 146 valence electrons. The zero-order chi connectivity index (χ0) is 20.6. The van der Waals surface area contributed by atoms with E-state index in [-0.39, 0.29) is 23.0 Å². The quantitative estimate of drug-likeness (QED) is 0.377. The van der Waals surface area contributed by atoms with Gasteiger partial charge in [-0.3, -0.25) is 9.59 Å². The van der Waals surface area contributed by atoms with Crippen LogP contribution in [0.25, 0.3) is 0 Å². The molecule has 0 saturated carbocycles. The number of carbonyl (C=O) groups excluding carboxylic acids is 2. The highest BCUT2D eigenvalue weighted by Gasteiger charge is 2.15. The van der Waals surface area contributed by atoms with E-state index in [1.807, 2.05) is 0 Å². The minimum absolute atomic E-state index is 0.0967. The van der Waals surface area contributed by atoms with Crippen LogP contribution in [0.4, 0.5) is 0 Å². The van der Waals surface area contributed by atoms with Gasteiger partial charge in [0.05, 0.1) is 12.4 Å². The number of hydrazone groups is 2. The number of carbonyl (C=O) groups is 2. The first-order valence-electron chi connectivity index (χ1n) is 8.36. The lowest BCUT2D eigenvalue weighted by atomic mass is 10.2. The Bertz CT molecular complexity index is 969. The van der Waals surface area contributed by atoms with Crippen molar-refractivity contribution in [2.24, 2.45) is 10.2 Å². The predicted octanol–water partition coefficient (Wildman–Crippen LogP) is 2.22. The van der Waals surface area contributed by atoms with Crippen molar-refractivity contribution >= 4 is 24.2 Å². The van der Waals surface area contributed by atoms with Gasteiger partial charge >= 0.3 is 11.8 Å². The molecule has 0 aliphatic carbocycles. The largest absolute Gasteiger partial charge is 0.508 e. The molecule has 2 amide bonds. The highest BCUT2D eigenvalue weighted by Crippen LogP contribution is 2.10. The third-order valence-corrected chi connectivity index (χ3v) is 3.60. The molecule has 9 nitrogen and oxygen atoms in total. The Morgan fingerprint density at radius 2 is 1.07 bits per heavy atom. The number of benzene rings is 2. The van der Waals surface area contributed by atoms with Gasteiger partial charge in [-0.25, -0.2) is 10.9 Å². The first-order valence-corrected chi connectivity index (χ1v) is 8.36. The third-order valence-electron chi connectivity index (χ3n) is 3.60. The molecule has 0 saturated heterocycles. The van der Waals surface area contributed by atoms with Gasteiger partial charge in [-0.1, -0.05) is 0 Å². The van der Waals surface area contributed by atoms with Crippen LogP contribution < -0.4 is 10.9 Å². The molecule has 1 aromatic heterocycles. The van der Waals surface area contributed by atoms with E-state index in [0.717, 1.165) is 0 Å². The van der Waals surface area contributed by atoms with Crippen molar-refractivity contribution in [2.75, 3.05) is 0 Å². The molecule has 3 rings (SSSR count). The number of nitrogens with one attached hydrogen (secondary N) is 2. The summed E-state index contributed by atoms with van der Waals surface area (Å²) in [6, 6.07) is 15.1. The van der Waals surface area contributed by atoms with E-state index >= 15 is 0 Å². The highest BCUT2D eigenvalue weighted by atomic mass is 16.4. The Labute approximate surface area is 165 Å². The summed E-state index contributed by atoms with van der Waals surface area (Å²) in [4.78, 5) is 24.0. The van der Waals surface area contributed by atoms with Gasteiger partial charge in [0.1, 0.15) is 11.5 Å². The number of rotatable bonds is 6. The second-order valence-corrected chi connectivity index (χ2v) is 5.75. The normalized spacial score (nSPS) is 11.0. The first-order chi connectivity index (χ1) is 14.0. The number of phenols is 2. The fraction of sp³-hybridized carbons (Fsp3) is 0. The predicted molar refractivity (Wildman–Crippen MR) is 105 cm³/mol. The van der Waals surface area contributed by atoms with Crippen molar-refractivity contribution in [3.05, 3.63) is 83.3 Å². The zero-order valence-electron chi connectivity index (χ0n) is 14.9. The molecule has 0 atom stereocenters. The fourth-order valence-corrected chi connectivity index (χ4v) is 2.14. The molecule has 0 unspecified atom stereocenters. The topological polar surface area (TPSA) is 137 Å². The molecule has 29 heavy (non-hydrogen) atoms. The van der Waals surface area contributed by atoms with Gasteiger partial charge in [0.15, 0.2) is 11.5 Å². The Kier molecular flexibility index (Phi) is 6.01. The average Bonchev–Trinajstić information content (AvgIpc) is 3.21. The summed E-state index contributed by atoms with van der Waals surface area (Å²) >= 11 is 0. The lowest BCUT2D eigenvalue weighted by Crippen LogP contribution is -2.18. The maximum Gasteiger partial charge on any atom is 0.307 e. The molecular weight excluding hydrogens is 376 g/mol. The van der Waals surface area contributed by atoms with E-state index in [9.17, 15) is 19.8 Å². The van der Waals surface area contributed by atoms with E-state index in [2.05, 4.69) is 21.1 Å². The number of hydrogen-bond donors (Lipinski definition) is 4. The Morgan fingerprint density at radius 3 is 1.45 bits per heavy atom. The van der Waals surface area contributed by atoms with E-state index in [4.69, 9.17) is 4.42 Å². The number of hydrogen-bond acceptors (Lipinski definition) is 7. The molecule has 4 N–H and O–H groups in total. The van der Waals surface area contributed by atoms with E-state index in [1.165, 1.54) is 48.8 Å². The van der Waals surface area contributed by atoms with Gasteiger partial charge in [0, 0.05) is 0 Å². The fourth-order valence-electron chi connectivity index (χ4n) is 2.14. The lowest BCUT2D eigenvalue weighted by Gasteiger charge is -1.98.